The Labute approximate surface area is 346 Å². The van der Waals surface area contributed by atoms with Crippen molar-refractivity contribution in [2.45, 2.75) is 0 Å². The lowest BCUT2D eigenvalue weighted by molar-refractivity contribution is 0.669. The van der Waals surface area contributed by atoms with Crippen LogP contribution in [0.25, 0.3) is 42.1 Å². The first-order valence-electron chi connectivity index (χ1n) is 19.8. The number of furan rings is 1. The second kappa shape index (κ2) is 14.7. The molecule has 0 fully saturated rings. The predicted molar refractivity (Wildman–Crippen MR) is 251 cm³/mol. The number of anilines is 9. The molecule has 0 aliphatic heterocycles. The number of fused-ring (bicyclic) bond motifs is 6. The molecule has 2 aromatic heterocycles. The maximum atomic E-state index is 6.86. The Morgan fingerprint density at radius 3 is 1.17 bits per heavy atom. The maximum Gasteiger partial charge on any atom is 0.159 e. The Morgan fingerprint density at radius 2 is 0.678 bits per heavy atom. The number of hydrogen-bond donors (Lipinski definition) is 0. The van der Waals surface area contributed by atoms with Crippen LogP contribution in [-0.2, 0) is 0 Å². The average molecular weight is 776 g/mol. The van der Waals surface area contributed by atoms with E-state index in [1.807, 2.05) is 17.4 Å². The van der Waals surface area contributed by atoms with Crippen LogP contribution < -0.4 is 14.7 Å². The van der Waals surface area contributed by atoms with Crippen LogP contribution in [0, 0.1) is 0 Å². The van der Waals surface area contributed by atoms with Crippen LogP contribution in [0.3, 0.4) is 0 Å². The van der Waals surface area contributed by atoms with E-state index in [9.17, 15) is 0 Å². The number of hydrogen-bond acceptors (Lipinski definition) is 5. The standard InChI is InChI=1S/C54H37N3OS/c1-6-18-38(19-7-1)55(39-20-8-2-9-21-39)43-30-32-52-47(34-43)48-35-44(31-33-53(48)59-52)57(42-26-14-5-15-27-42)50-37-45(36-49-46-28-16-17-29-51(46)58-54(49)50)56(40-22-10-3-11-23-40)41-24-12-4-13-25-41/h1-37H. The molecule has 0 N–H and O–H groups in total. The van der Waals surface area contributed by atoms with E-state index in [4.69, 9.17) is 4.42 Å². The molecule has 0 bridgehead atoms. The van der Waals surface area contributed by atoms with Gasteiger partial charge >= 0.3 is 0 Å². The molecule has 0 saturated carbocycles. The van der Waals surface area contributed by atoms with Gasteiger partial charge in [-0.3, -0.25) is 0 Å². The lowest BCUT2D eigenvalue weighted by atomic mass is 10.1. The Morgan fingerprint density at radius 1 is 0.288 bits per heavy atom. The van der Waals surface area contributed by atoms with Crippen molar-refractivity contribution in [2.24, 2.45) is 0 Å². The zero-order valence-corrected chi connectivity index (χ0v) is 32.8. The lowest BCUT2D eigenvalue weighted by Crippen LogP contribution is -2.13. The van der Waals surface area contributed by atoms with Gasteiger partial charge in [0.1, 0.15) is 5.58 Å². The minimum absolute atomic E-state index is 0.832. The molecule has 11 rings (SSSR count). The van der Waals surface area contributed by atoms with Gasteiger partial charge in [0, 0.05) is 76.4 Å². The summed E-state index contributed by atoms with van der Waals surface area (Å²) in [5, 5.41) is 4.56. The van der Waals surface area contributed by atoms with E-state index in [-0.39, 0.29) is 0 Å². The maximum absolute atomic E-state index is 6.86. The third-order valence-electron chi connectivity index (χ3n) is 11.0. The zero-order chi connectivity index (χ0) is 39.1. The summed E-state index contributed by atoms with van der Waals surface area (Å²) in [6.07, 6.45) is 0. The minimum Gasteiger partial charge on any atom is -0.454 e. The van der Waals surface area contributed by atoms with Gasteiger partial charge in [0.15, 0.2) is 5.58 Å². The monoisotopic (exact) mass is 775 g/mol. The fourth-order valence-corrected chi connectivity index (χ4v) is 9.39. The van der Waals surface area contributed by atoms with Crippen LogP contribution in [-0.4, -0.2) is 0 Å². The molecule has 0 aliphatic rings. The van der Waals surface area contributed by atoms with Crippen LogP contribution in [0.5, 0.6) is 0 Å². The summed E-state index contributed by atoms with van der Waals surface area (Å²) in [5.74, 6) is 0. The highest BCUT2D eigenvalue weighted by Crippen LogP contribution is 2.48. The molecule has 0 amide bonds. The molecule has 4 nitrogen and oxygen atoms in total. The fourth-order valence-electron chi connectivity index (χ4n) is 8.33. The van der Waals surface area contributed by atoms with Crippen LogP contribution in [0.1, 0.15) is 0 Å². The molecule has 0 radical (unpaired) electrons. The van der Waals surface area contributed by atoms with Gasteiger partial charge in [0.25, 0.3) is 0 Å². The highest BCUT2D eigenvalue weighted by Gasteiger charge is 2.24. The second-order valence-electron chi connectivity index (χ2n) is 14.6. The first-order valence-corrected chi connectivity index (χ1v) is 20.7. The molecule has 2 heterocycles. The molecule has 5 heteroatoms. The number of thiophene rings is 1. The third kappa shape index (κ3) is 6.25. The van der Waals surface area contributed by atoms with Crippen molar-refractivity contribution in [2.75, 3.05) is 14.7 Å². The molecule has 0 atom stereocenters. The van der Waals surface area contributed by atoms with Crippen molar-refractivity contribution in [3.63, 3.8) is 0 Å². The summed E-state index contributed by atoms with van der Waals surface area (Å²) < 4.78 is 9.34. The average Bonchev–Trinajstić information content (AvgIpc) is 3.87. The smallest absolute Gasteiger partial charge is 0.159 e. The highest BCUT2D eigenvalue weighted by atomic mass is 32.1. The summed E-state index contributed by atoms with van der Waals surface area (Å²) in [6.45, 7) is 0. The van der Waals surface area contributed by atoms with Crippen molar-refractivity contribution in [3.8, 4) is 0 Å². The molecule has 59 heavy (non-hydrogen) atoms. The Hall–Kier alpha value is -7.60. The molecular weight excluding hydrogens is 739 g/mol. The predicted octanol–water partition coefficient (Wildman–Crippen LogP) is 16.4. The molecule has 0 unspecified atom stereocenters. The van der Waals surface area contributed by atoms with E-state index in [0.29, 0.717) is 0 Å². The molecule has 0 spiro atoms. The van der Waals surface area contributed by atoms with Crippen molar-refractivity contribution in [1.29, 1.82) is 0 Å². The number of para-hydroxylation sites is 6. The van der Waals surface area contributed by atoms with Crippen molar-refractivity contribution in [1.82, 2.24) is 0 Å². The van der Waals surface area contributed by atoms with Crippen LogP contribution in [0.4, 0.5) is 51.2 Å². The lowest BCUT2D eigenvalue weighted by Gasteiger charge is -2.29. The summed E-state index contributed by atoms with van der Waals surface area (Å²) in [4.78, 5) is 7.02. The van der Waals surface area contributed by atoms with Crippen molar-refractivity contribution < 1.29 is 4.42 Å². The van der Waals surface area contributed by atoms with E-state index >= 15 is 0 Å². The SMILES string of the molecule is c1ccc(N(c2ccccc2)c2ccc3sc4ccc(N(c5ccccc5)c5cc(N(c6ccccc6)c6ccccc6)cc6c5oc5ccccc56)cc4c3c2)cc1. The first kappa shape index (κ1) is 34.6. The van der Waals surface area contributed by atoms with E-state index in [1.54, 1.807) is 0 Å². The van der Waals surface area contributed by atoms with Gasteiger partial charge in [-0.15, -0.1) is 11.3 Å². The largest absolute Gasteiger partial charge is 0.454 e. The van der Waals surface area contributed by atoms with Gasteiger partial charge in [-0.25, -0.2) is 0 Å². The van der Waals surface area contributed by atoms with Gasteiger partial charge in [0.2, 0.25) is 0 Å². The molecule has 9 aromatic carbocycles. The summed E-state index contributed by atoms with van der Waals surface area (Å²) >= 11 is 1.83. The summed E-state index contributed by atoms with van der Waals surface area (Å²) in [5.41, 5.74) is 11.2. The van der Waals surface area contributed by atoms with Crippen molar-refractivity contribution in [3.05, 3.63) is 224 Å². The molecule has 11 aromatic rings. The Balaban J connectivity index is 1.15. The first-order chi connectivity index (χ1) is 29.3. The zero-order valence-electron chi connectivity index (χ0n) is 32.0. The highest BCUT2D eigenvalue weighted by molar-refractivity contribution is 7.25. The Bertz CT molecular complexity index is 3140. The number of benzene rings is 9. The molecule has 0 saturated heterocycles. The van der Waals surface area contributed by atoms with Crippen molar-refractivity contribution >= 4 is 105 Å². The molecule has 280 valence electrons. The van der Waals surface area contributed by atoms with Gasteiger partial charge < -0.3 is 19.1 Å². The summed E-state index contributed by atoms with van der Waals surface area (Å²) in [6, 6.07) is 79.7. The molecule has 0 aliphatic carbocycles. The number of rotatable bonds is 9. The van der Waals surface area contributed by atoms with Gasteiger partial charge in [-0.1, -0.05) is 109 Å². The summed E-state index contributed by atoms with van der Waals surface area (Å²) in [7, 11) is 0. The second-order valence-corrected chi connectivity index (χ2v) is 15.7. The topological polar surface area (TPSA) is 22.9 Å². The molecular formula is C54H37N3OS. The Kier molecular flexibility index (Phi) is 8.64. The van der Waals surface area contributed by atoms with E-state index in [2.05, 4.69) is 233 Å². The van der Waals surface area contributed by atoms with Crippen LogP contribution in [0.15, 0.2) is 229 Å². The number of nitrogens with zero attached hydrogens (tertiary/aromatic N) is 3. The van der Waals surface area contributed by atoms with Gasteiger partial charge in [-0.05, 0) is 115 Å². The normalized spacial score (nSPS) is 11.4. The quantitative estimate of drug-likeness (QED) is 0.146. The fraction of sp³-hybridized carbons (Fsp3) is 0. The van der Waals surface area contributed by atoms with E-state index < -0.39 is 0 Å². The van der Waals surface area contributed by atoms with Crippen LogP contribution >= 0.6 is 11.3 Å². The van der Waals surface area contributed by atoms with E-state index in [0.717, 1.165) is 73.1 Å². The third-order valence-corrected chi connectivity index (χ3v) is 12.1. The minimum atomic E-state index is 0.832. The van der Waals surface area contributed by atoms with Gasteiger partial charge in [0.05, 0.1) is 5.69 Å². The van der Waals surface area contributed by atoms with E-state index in [1.165, 1.54) is 20.2 Å². The van der Waals surface area contributed by atoms with Gasteiger partial charge in [-0.2, -0.15) is 0 Å². The van der Waals surface area contributed by atoms with Crippen LogP contribution in [0.2, 0.25) is 0 Å².